The minimum atomic E-state index is -0.261. The highest BCUT2D eigenvalue weighted by Crippen LogP contribution is 2.48. The van der Waals surface area contributed by atoms with Gasteiger partial charge in [0.2, 0.25) is 0 Å². The van der Waals surface area contributed by atoms with E-state index in [1.165, 1.54) is 45.3 Å². The van der Waals surface area contributed by atoms with E-state index < -0.39 is 0 Å². The topological polar surface area (TPSA) is 137 Å². The highest BCUT2D eigenvalue weighted by Gasteiger charge is 2.30. The lowest BCUT2D eigenvalue weighted by Crippen LogP contribution is -2.18. The van der Waals surface area contributed by atoms with Gasteiger partial charge in [-0.15, -0.1) is 45.3 Å². The van der Waals surface area contributed by atoms with Gasteiger partial charge in [-0.1, -0.05) is 0 Å². The lowest BCUT2D eigenvalue weighted by Gasteiger charge is -2.19. The third-order valence-electron chi connectivity index (χ3n) is 12.7. The molecule has 0 amide bonds. The summed E-state index contributed by atoms with van der Waals surface area (Å²) in [6, 6.07) is 18.8. The maximum absolute atomic E-state index is 15.1. The van der Waals surface area contributed by atoms with E-state index in [2.05, 4.69) is 0 Å². The number of nitrogens with zero attached hydrogens (tertiary/aromatic N) is 8. The van der Waals surface area contributed by atoms with Crippen LogP contribution in [-0.2, 0) is 0 Å². The second-order valence-electron chi connectivity index (χ2n) is 15.3. The predicted octanol–water partition coefficient (Wildman–Crippen LogP) is 8.91. The van der Waals surface area contributed by atoms with Crippen molar-refractivity contribution in [2.45, 2.75) is 0 Å². The number of aromatic nitrogens is 8. The maximum atomic E-state index is 15.1. The van der Waals surface area contributed by atoms with Crippen molar-refractivity contribution in [2.75, 3.05) is 0 Å². The average molecular weight is 847 g/mol. The summed E-state index contributed by atoms with van der Waals surface area (Å²) in [6.45, 7) is 0. The number of hydrogen-bond donors (Lipinski definition) is 0. The summed E-state index contributed by atoms with van der Waals surface area (Å²) in [4.78, 5) is 82.4. The average Bonchev–Trinajstić information content (AvgIpc) is 4.10. The molecule has 12 nitrogen and oxygen atoms in total. The number of rotatable bonds is 1. The summed E-state index contributed by atoms with van der Waals surface area (Å²) in [7, 11) is 0. The molecule has 60 heavy (non-hydrogen) atoms. The number of hydrogen-bond acceptors (Lipinski definition) is 12. The van der Waals surface area contributed by atoms with Crippen LogP contribution in [0.2, 0.25) is 0 Å². The Bertz CT molecular complexity index is 4950. The Labute approximate surface area is 344 Å². The molecular formula is C44H14N8O4S4. The zero-order chi connectivity index (χ0) is 39.2. The standard InChI is InChI=1S/C44H14N8O4S4/c53-41-16-3-4-18-30-28(16)21(34-46-38-24(50(34)41)6-10-58-38)13-19(31(30)35-47-39-25(7-11-59-39)51(35)43(18)55)20-14-22-27-15(33-45-37-23(5-9-57-37)49(33)44(22)56)1-2-17-29(27)32(20)36-48-40-26(8-12-60-40)52(36)42(17)54/h1-14H. The van der Waals surface area contributed by atoms with Gasteiger partial charge >= 0.3 is 0 Å². The molecule has 0 saturated heterocycles. The van der Waals surface area contributed by atoms with E-state index in [4.69, 9.17) is 19.9 Å². The van der Waals surface area contributed by atoms with Gasteiger partial charge in [0.15, 0.2) is 11.3 Å². The maximum Gasteiger partial charge on any atom is 0.264 e. The van der Waals surface area contributed by atoms with Crippen LogP contribution in [0.3, 0.4) is 0 Å². The second kappa shape index (κ2) is 9.78. The smallest absolute Gasteiger partial charge is 0.264 e. The van der Waals surface area contributed by atoms with Crippen LogP contribution < -0.4 is 22.2 Å². The molecule has 0 saturated carbocycles. The van der Waals surface area contributed by atoms with E-state index in [1.54, 1.807) is 29.7 Å². The minimum Gasteiger partial charge on any atom is -0.268 e. The van der Waals surface area contributed by atoms with Crippen molar-refractivity contribution in [2.24, 2.45) is 0 Å². The molecule has 0 bridgehead atoms. The Morgan fingerprint density at radius 3 is 1.13 bits per heavy atom. The van der Waals surface area contributed by atoms with Crippen LogP contribution in [0.4, 0.5) is 0 Å². The predicted molar refractivity (Wildman–Crippen MR) is 243 cm³/mol. The molecule has 4 aromatic carbocycles. The zero-order valence-corrected chi connectivity index (χ0v) is 33.2. The summed E-state index contributed by atoms with van der Waals surface area (Å²) >= 11 is 5.82. The van der Waals surface area contributed by atoms with E-state index in [1.807, 2.05) is 70.1 Å². The molecule has 16 heteroatoms. The number of benzene rings is 4. The first-order valence-electron chi connectivity index (χ1n) is 18.8. The Kier molecular flexibility index (Phi) is 5.02. The highest BCUT2D eigenvalue weighted by atomic mass is 32.1. The van der Waals surface area contributed by atoms with Gasteiger partial charge in [0, 0.05) is 64.6 Å². The van der Waals surface area contributed by atoms with Crippen LogP contribution in [-0.4, -0.2) is 37.5 Å². The van der Waals surface area contributed by atoms with E-state index in [9.17, 15) is 14.4 Å². The molecule has 0 N–H and O–H groups in total. The van der Waals surface area contributed by atoms with Gasteiger partial charge in [0.1, 0.15) is 30.6 Å². The molecule has 0 aliphatic carbocycles. The fourth-order valence-corrected chi connectivity index (χ4v) is 13.3. The van der Waals surface area contributed by atoms with E-state index >= 15 is 4.79 Å². The Balaban J connectivity index is 1.25. The third-order valence-corrected chi connectivity index (χ3v) is 15.8. The fourth-order valence-electron chi connectivity index (χ4n) is 10.3. The van der Waals surface area contributed by atoms with Crippen LogP contribution >= 0.6 is 45.3 Å². The van der Waals surface area contributed by atoms with Crippen molar-refractivity contribution in [3.8, 4) is 11.1 Å². The Morgan fingerprint density at radius 1 is 0.333 bits per heavy atom. The van der Waals surface area contributed by atoms with Gasteiger partial charge in [-0.2, -0.15) is 0 Å². The summed E-state index contributed by atoms with van der Waals surface area (Å²) in [6.07, 6.45) is 0. The largest absolute Gasteiger partial charge is 0.268 e. The molecule has 278 valence electrons. The first-order chi connectivity index (χ1) is 29.4. The molecular weight excluding hydrogens is 833 g/mol. The van der Waals surface area contributed by atoms with Crippen molar-refractivity contribution in [1.82, 2.24) is 37.5 Å². The molecule has 12 heterocycles. The normalized spacial score (nSPS) is 13.3. The molecule has 0 aliphatic rings. The van der Waals surface area contributed by atoms with Crippen molar-refractivity contribution < 1.29 is 0 Å². The molecule has 0 aliphatic heterocycles. The first-order valence-corrected chi connectivity index (χ1v) is 22.3. The lowest BCUT2D eigenvalue weighted by molar-refractivity contribution is 1.18. The van der Waals surface area contributed by atoms with Gasteiger partial charge in [0.25, 0.3) is 22.2 Å². The SMILES string of the molecule is O=c1c2cc(-c3cc4c5c(ccc6c(=O)n7c8ccsc8nc7c3c65)c(=O)n3c5ccsc5nc43)c3c4c(ccc(c24)c2nc4sccc4n12)c(=O)n1c2ccsc2nc31. The number of fused-ring (bicyclic) bond motifs is 16. The Hall–Kier alpha value is -7.24. The zero-order valence-electron chi connectivity index (χ0n) is 29.9. The van der Waals surface area contributed by atoms with Crippen LogP contribution in [0.25, 0.3) is 140 Å². The highest BCUT2D eigenvalue weighted by molar-refractivity contribution is 7.17. The molecule has 0 spiro atoms. The molecule has 0 unspecified atom stereocenters. The van der Waals surface area contributed by atoms with Crippen molar-refractivity contribution >= 4 is 174 Å². The van der Waals surface area contributed by atoms with Crippen molar-refractivity contribution in [3.63, 3.8) is 0 Å². The van der Waals surface area contributed by atoms with E-state index in [0.29, 0.717) is 130 Å². The van der Waals surface area contributed by atoms with Crippen LogP contribution in [0.5, 0.6) is 0 Å². The van der Waals surface area contributed by atoms with Crippen molar-refractivity contribution in [3.05, 3.63) is 124 Å². The molecule has 12 aromatic heterocycles. The fraction of sp³-hybridized carbons (Fsp3) is 0. The number of pyridine rings is 4. The number of thiophene rings is 4. The summed E-state index contributed by atoms with van der Waals surface area (Å²) < 4.78 is 6.66. The molecule has 16 rings (SSSR count). The first kappa shape index (κ1) is 30.8. The summed E-state index contributed by atoms with van der Waals surface area (Å²) in [5.41, 5.74) is 5.01. The third kappa shape index (κ3) is 3.18. The van der Waals surface area contributed by atoms with Crippen LogP contribution in [0.15, 0.2) is 101 Å². The lowest BCUT2D eigenvalue weighted by atomic mass is 9.86. The van der Waals surface area contributed by atoms with E-state index in [0.717, 1.165) is 10.2 Å². The van der Waals surface area contributed by atoms with Gasteiger partial charge in [-0.3, -0.25) is 36.8 Å². The second-order valence-corrected chi connectivity index (χ2v) is 18.8. The van der Waals surface area contributed by atoms with Gasteiger partial charge in [-0.05, 0) is 93.3 Å². The van der Waals surface area contributed by atoms with Gasteiger partial charge in [0.05, 0.1) is 22.1 Å². The molecule has 0 radical (unpaired) electrons. The summed E-state index contributed by atoms with van der Waals surface area (Å²) in [5, 5.41) is 14.6. The molecule has 0 atom stereocenters. The van der Waals surface area contributed by atoms with Crippen LogP contribution in [0.1, 0.15) is 0 Å². The number of imidazole rings is 4. The van der Waals surface area contributed by atoms with Crippen LogP contribution in [0, 0.1) is 0 Å². The van der Waals surface area contributed by atoms with Crippen molar-refractivity contribution in [1.29, 1.82) is 0 Å². The summed E-state index contributed by atoms with van der Waals surface area (Å²) in [5.74, 6) is 0. The minimum absolute atomic E-state index is 0.226. The van der Waals surface area contributed by atoms with Gasteiger partial charge in [-0.25, -0.2) is 19.9 Å². The quantitative estimate of drug-likeness (QED) is 0.149. The monoisotopic (exact) mass is 846 g/mol. The Morgan fingerprint density at radius 2 is 0.667 bits per heavy atom. The van der Waals surface area contributed by atoms with Gasteiger partial charge < -0.3 is 0 Å². The van der Waals surface area contributed by atoms with E-state index in [-0.39, 0.29) is 22.2 Å². The molecule has 0 fully saturated rings. The molecule has 16 aromatic rings.